The average molecular weight is 394 g/mol. The molecule has 0 aliphatic carbocycles. The van der Waals surface area contributed by atoms with Gasteiger partial charge < -0.3 is 20.2 Å². The second kappa shape index (κ2) is 8.92. The molecule has 0 fully saturated rings. The van der Waals surface area contributed by atoms with Crippen molar-refractivity contribution in [2.24, 2.45) is 5.73 Å². The Kier molecular flexibility index (Phi) is 6.34. The van der Waals surface area contributed by atoms with Crippen LogP contribution < -0.4 is 21.4 Å². The van der Waals surface area contributed by atoms with Crippen molar-refractivity contribution in [3.05, 3.63) is 69.6 Å². The van der Waals surface area contributed by atoms with Gasteiger partial charge in [-0.15, -0.1) is 0 Å². The number of benzene rings is 2. The molecular formula is C23H26N2O4. The maximum atomic E-state index is 12.7. The number of carbonyl (C=O) groups excluding carboxylic acids is 1. The van der Waals surface area contributed by atoms with Crippen LogP contribution in [0.25, 0.3) is 11.0 Å². The highest BCUT2D eigenvalue weighted by atomic mass is 16.5. The molecule has 0 spiro atoms. The number of hydrogen-bond donors (Lipinski definition) is 2. The summed E-state index contributed by atoms with van der Waals surface area (Å²) in [5.41, 5.74) is 8.08. The minimum atomic E-state index is -0.672. The van der Waals surface area contributed by atoms with E-state index in [1.54, 1.807) is 31.4 Å². The lowest BCUT2D eigenvalue weighted by atomic mass is 10.0. The number of fused-ring (bicyclic) bond motifs is 1. The van der Waals surface area contributed by atoms with E-state index in [1.807, 2.05) is 32.0 Å². The van der Waals surface area contributed by atoms with Crippen molar-refractivity contribution < 1.29 is 13.9 Å². The molecule has 3 aromatic rings. The SMILES string of the molecule is CCCc1c(OC)ccc2cc(C(=O)Nc3ccc(C[C@@H](C)N)cc3)c(=O)oc12. The van der Waals surface area contributed by atoms with Gasteiger partial charge in [0, 0.05) is 22.7 Å². The Labute approximate surface area is 169 Å². The molecule has 0 aliphatic rings. The number of carbonyl (C=O) groups is 1. The fourth-order valence-electron chi connectivity index (χ4n) is 3.35. The zero-order chi connectivity index (χ0) is 21.0. The first-order valence-corrected chi connectivity index (χ1v) is 9.72. The second-order valence-corrected chi connectivity index (χ2v) is 7.19. The molecule has 1 heterocycles. The van der Waals surface area contributed by atoms with E-state index < -0.39 is 11.5 Å². The van der Waals surface area contributed by atoms with E-state index in [-0.39, 0.29) is 11.6 Å². The van der Waals surface area contributed by atoms with Crippen LogP contribution in [0.3, 0.4) is 0 Å². The van der Waals surface area contributed by atoms with Gasteiger partial charge in [-0.3, -0.25) is 4.79 Å². The van der Waals surface area contributed by atoms with Crippen LogP contribution in [0.1, 0.15) is 41.8 Å². The van der Waals surface area contributed by atoms with E-state index in [0.29, 0.717) is 28.8 Å². The van der Waals surface area contributed by atoms with Crippen molar-refractivity contribution in [1.82, 2.24) is 0 Å². The molecule has 2 aromatic carbocycles. The van der Waals surface area contributed by atoms with Crippen LogP contribution in [-0.4, -0.2) is 19.1 Å². The summed E-state index contributed by atoms with van der Waals surface area (Å²) in [6, 6.07) is 12.6. The molecule has 1 amide bonds. The fraction of sp³-hybridized carbons (Fsp3) is 0.304. The van der Waals surface area contributed by atoms with E-state index >= 15 is 0 Å². The predicted molar refractivity (Wildman–Crippen MR) is 115 cm³/mol. The summed E-state index contributed by atoms with van der Waals surface area (Å²) < 4.78 is 10.9. The zero-order valence-corrected chi connectivity index (χ0v) is 17.0. The lowest BCUT2D eigenvalue weighted by Gasteiger charge is -2.11. The quantitative estimate of drug-likeness (QED) is 0.593. The van der Waals surface area contributed by atoms with E-state index in [9.17, 15) is 9.59 Å². The fourth-order valence-corrected chi connectivity index (χ4v) is 3.35. The smallest absolute Gasteiger partial charge is 0.349 e. The minimum absolute atomic E-state index is 0.0372. The number of ether oxygens (including phenoxy) is 1. The van der Waals surface area contributed by atoms with Gasteiger partial charge in [0.2, 0.25) is 0 Å². The molecule has 0 radical (unpaired) electrons. The Morgan fingerprint density at radius 1 is 1.21 bits per heavy atom. The zero-order valence-electron chi connectivity index (χ0n) is 17.0. The molecule has 1 aromatic heterocycles. The van der Waals surface area contributed by atoms with Crippen molar-refractivity contribution in [1.29, 1.82) is 0 Å². The molecule has 0 unspecified atom stereocenters. The number of anilines is 1. The molecule has 6 heteroatoms. The van der Waals surface area contributed by atoms with Gasteiger partial charge in [0.05, 0.1) is 7.11 Å². The van der Waals surface area contributed by atoms with Gasteiger partial charge in [-0.25, -0.2) is 4.79 Å². The lowest BCUT2D eigenvalue weighted by molar-refractivity contribution is 0.102. The topological polar surface area (TPSA) is 94.6 Å². The van der Waals surface area contributed by atoms with Crippen LogP contribution in [0.5, 0.6) is 5.75 Å². The first-order chi connectivity index (χ1) is 13.9. The minimum Gasteiger partial charge on any atom is -0.496 e. The number of hydrogen-bond acceptors (Lipinski definition) is 5. The lowest BCUT2D eigenvalue weighted by Crippen LogP contribution is -2.21. The van der Waals surface area contributed by atoms with Gasteiger partial charge in [0.15, 0.2) is 0 Å². The number of rotatable bonds is 7. The molecule has 3 N–H and O–H groups in total. The highest BCUT2D eigenvalue weighted by Gasteiger charge is 2.17. The summed E-state index contributed by atoms with van der Waals surface area (Å²) in [4.78, 5) is 25.2. The van der Waals surface area contributed by atoms with Crippen LogP contribution in [0.2, 0.25) is 0 Å². The monoisotopic (exact) mass is 394 g/mol. The highest BCUT2D eigenvalue weighted by Crippen LogP contribution is 2.29. The van der Waals surface area contributed by atoms with Crippen LogP contribution in [0.15, 0.2) is 51.7 Å². The normalized spacial score (nSPS) is 12.0. The van der Waals surface area contributed by atoms with E-state index in [0.717, 1.165) is 24.0 Å². The molecule has 29 heavy (non-hydrogen) atoms. The van der Waals surface area contributed by atoms with E-state index in [2.05, 4.69) is 5.32 Å². The van der Waals surface area contributed by atoms with Crippen molar-refractivity contribution in [3.63, 3.8) is 0 Å². The van der Waals surface area contributed by atoms with Crippen LogP contribution in [0.4, 0.5) is 5.69 Å². The molecular weight excluding hydrogens is 368 g/mol. The van der Waals surface area contributed by atoms with Gasteiger partial charge in [-0.1, -0.05) is 25.5 Å². The van der Waals surface area contributed by atoms with Crippen molar-refractivity contribution in [2.45, 2.75) is 39.2 Å². The van der Waals surface area contributed by atoms with Gasteiger partial charge in [0.1, 0.15) is 16.9 Å². The average Bonchev–Trinajstić information content (AvgIpc) is 2.69. The molecule has 3 rings (SSSR count). The summed E-state index contributed by atoms with van der Waals surface area (Å²) in [7, 11) is 1.58. The van der Waals surface area contributed by atoms with E-state index in [4.69, 9.17) is 14.9 Å². The number of aryl methyl sites for hydroxylation is 1. The third kappa shape index (κ3) is 4.66. The number of amides is 1. The van der Waals surface area contributed by atoms with Crippen LogP contribution in [-0.2, 0) is 12.8 Å². The standard InChI is InChI=1S/C23H26N2O4/c1-4-5-18-20(28-3)11-8-16-13-19(23(27)29-21(16)18)22(26)25-17-9-6-15(7-10-17)12-14(2)24/h6-11,13-14H,4-5,12,24H2,1-3H3,(H,25,26)/t14-/m1/s1. The molecule has 1 atom stereocenters. The molecule has 6 nitrogen and oxygen atoms in total. The van der Waals surface area contributed by atoms with Gasteiger partial charge in [-0.05, 0) is 55.7 Å². The van der Waals surface area contributed by atoms with Gasteiger partial charge >= 0.3 is 5.63 Å². The summed E-state index contributed by atoms with van der Waals surface area (Å²) in [5.74, 6) is 0.167. The third-order valence-corrected chi connectivity index (χ3v) is 4.70. The highest BCUT2D eigenvalue weighted by molar-refractivity contribution is 6.05. The summed E-state index contributed by atoms with van der Waals surface area (Å²) >= 11 is 0. The Bertz CT molecular complexity index is 1070. The second-order valence-electron chi connectivity index (χ2n) is 7.19. The molecule has 0 aliphatic heterocycles. The Morgan fingerprint density at radius 2 is 1.93 bits per heavy atom. The first kappa shape index (κ1) is 20.6. The number of methoxy groups -OCH3 is 1. The molecule has 0 saturated carbocycles. The first-order valence-electron chi connectivity index (χ1n) is 9.72. The Balaban J connectivity index is 1.90. The van der Waals surface area contributed by atoms with Crippen molar-refractivity contribution >= 4 is 22.6 Å². The molecule has 0 saturated heterocycles. The van der Waals surface area contributed by atoms with Crippen molar-refractivity contribution in [2.75, 3.05) is 12.4 Å². The maximum Gasteiger partial charge on any atom is 0.349 e. The number of nitrogens with two attached hydrogens (primary N) is 1. The molecule has 0 bridgehead atoms. The van der Waals surface area contributed by atoms with Crippen LogP contribution >= 0.6 is 0 Å². The number of nitrogens with one attached hydrogen (secondary N) is 1. The Morgan fingerprint density at radius 3 is 2.55 bits per heavy atom. The Hall–Kier alpha value is -3.12. The summed E-state index contributed by atoms with van der Waals surface area (Å²) in [5, 5.41) is 3.44. The predicted octanol–water partition coefficient (Wildman–Crippen LogP) is 3.90. The summed E-state index contributed by atoms with van der Waals surface area (Å²) in [6.45, 7) is 3.98. The molecule has 152 valence electrons. The van der Waals surface area contributed by atoms with Gasteiger partial charge in [0.25, 0.3) is 5.91 Å². The summed E-state index contributed by atoms with van der Waals surface area (Å²) in [6.07, 6.45) is 2.34. The maximum absolute atomic E-state index is 12.7. The van der Waals surface area contributed by atoms with E-state index in [1.165, 1.54) is 0 Å². The van der Waals surface area contributed by atoms with Gasteiger partial charge in [-0.2, -0.15) is 0 Å². The largest absolute Gasteiger partial charge is 0.496 e. The van der Waals surface area contributed by atoms with Crippen LogP contribution in [0, 0.1) is 0 Å². The van der Waals surface area contributed by atoms with Crippen molar-refractivity contribution in [3.8, 4) is 5.75 Å². The third-order valence-electron chi connectivity index (χ3n) is 4.70.